The fourth-order valence-electron chi connectivity index (χ4n) is 1.74. The second-order valence-corrected chi connectivity index (χ2v) is 4.05. The molecular weight excluding hydrogens is 210 g/mol. The Bertz CT molecular complexity index is 494. The lowest BCUT2D eigenvalue weighted by Crippen LogP contribution is -2.11. The second-order valence-electron chi connectivity index (χ2n) is 4.05. The lowest BCUT2D eigenvalue weighted by atomic mass is 10.1. The third-order valence-corrected chi connectivity index (χ3v) is 2.60. The molecule has 0 aliphatic heterocycles. The van der Waals surface area contributed by atoms with Crippen molar-refractivity contribution in [1.82, 2.24) is 15.3 Å². The first kappa shape index (κ1) is 11.7. The zero-order valence-electron chi connectivity index (χ0n) is 10.3. The number of hydrogen-bond acceptors (Lipinski definition) is 3. The number of pyridine rings is 2. The van der Waals surface area contributed by atoms with E-state index in [0.29, 0.717) is 0 Å². The zero-order valence-corrected chi connectivity index (χ0v) is 10.3. The van der Waals surface area contributed by atoms with Crippen molar-refractivity contribution in [3.8, 4) is 11.1 Å². The van der Waals surface area contributed by atoms with Gasteiger partial charge in [0.25, 0.3) is 0 Å². The molecule has 17 heavy (non-hydrogen) atoms. The van der Waals surface area contributed by atoms with Gasteiger partial charge >= 0.3 is 0 Å². The van der Waals surface area contributed by atoms with E-state index in [4.69, 9.17) is 0 Å². The molecule has 0 radical (unpaired) electrons. The van der Waals surface area contributed by atoms with Crippen LogP contribution in [-0.2, 0) is 6.54 Å². The molecule has 0 spiro atoms. The average molecular weight is 227 g/mol. The topological polar surface area (TPSA) is 37.8 Å². The van der Waals surface area contributed by atoms with Crippen molar-refractivity contribution in [3.63, 3.8) is 0 Å². The van der Waals surface area contributed by atoms with E-state index in [-0.39, 0.29) is 0 Å². The Morgan fingerprint density at radius 2 is 2.06 bits per heavy atom. The summed E-state index contributed by atoms with van der Waals surface area (Å²) in [5, 5.41) is 3.30. The molecule has 2 aromatic heterocycles. The summed E-state index contributed by atoms with van der Waals surface area (Å²) in [4.78, 5) is 8.49. The quantitative estimate of drug-likeness (QED) is 0.872. The van der Waals surface area contributed by atoms with Crippen molar-refractivity contribution in [2.75, 3.05) is 6.54 Å². The van der Waals surface area contributed by atoms with Crippen LogP contribution >= 0.6 is 0 Å². The van der Waals surface area contributed by atoms with Crippen molar-refractivity contribution >= 4 is 0 Å². The highest BCUT2D eigenvalue weighted by atomic mass is 14.8. The molecule has 0 aromatic carbocycles. The maximum absolute atomic E-state index is 4.28. The average Bonchev–Trinajstić information content (AvgIpc) is 2.37. The maximum Gasteiger partial charge on any atom is 0.0378 e. The summed E-state index contributed by atoms with van der Waals surface area (Å²) in [6, 6.07) is 6.26. The molecule has 1 N–H and O–H groups in total. The molecule has 0 amide bonds. The van der Waals surface area contributed by atoms with Gasteiger partial charge in [-0.3, -0.25) is 9.97 Å². The number of nitrogens with zero attached hydrogens (tertiary/aromatic N) is 2. The molecule has 0 unspecified atom stereocenters. The lowest BCUT2D eigenvalue weighted by Gasteiger charge is -2.05. The zero-order chi connectivity index (χ0) is 12.1. The molecule has 0 bridgehead atoms. The van der Waals surface area contributed by atoms with Gasteiger partial charge in [0.2, 0.25) is 0 Å². The van der Waals surface area contributed by atoms with E-state index >= 15 is 0 Å². The van der Waals surface area contributed by atoms with Crippen molar-refractivity contribution < 1.29 is 0 Å². The van der Waals surface area contributed by atoms with Crippen molar-refractivity contribution in [2.45, 2.75) is 20.4 Å². The van der Waals surface area contributed by atoms with Gasteiger partial charge in [0.05, 0.1) is 0 Å². The van der Waals surface area contributed by atoms with Crippen LogP contribution in [0.25, 0.3) is 11.1 Å². The highest BCUT2D eigenvalue weighted by Gasteiger charge is 2.00. The van der Waals surface area contributed by atoms with Crippen LogP contribution in [0.3, 0.4) is 0 Å². The first-order valence-electron chi connectivity index (χ1n) is 5.87. The summed E-state index contributed by atoms with van der Waals surface area (Å²) < 4.78 is 0. The Balaban J connectivity index is 2.26. The van der Waals surface area contributed by atoms with Crippen LogP contribution in [0, 0.1) is 6.92 Å². The van der Waals surface area contributed by atoms with Crippen LogP contribution in [0.4, 0.5) is 0 Å². The molecule has 3 nitrogen and oxygen atoms in total. The smallest absolute Gasteiger partial charge is 0.0378 e. The van der Waals surface area contributed by atoms with Crippen molar-refractivity contribution in [2.24, 2.45) is 0 Å². The predicted molar refractivity (Wildman–Crippen MR) is 69.6 cm³/mol. The summed E-state index contributed by atoms with van der Waals surface area (Å²) in [5.41, 5.74) is 4.55. The first-order valence-corrected chi connectivity index (χ1v) is 5.87. The fraction of sp³-hybridized carbons (Fsp3) is 0.286. The molecule has 0 atom stereocenters. The fourth-order valence-corrected chi connectivity index (χ4v) is 1.74. The molecule has 0 fully saturated rings. The second kappa shape index (κ2) is 5.55. The number of aromatic nitrogens is 2. The molecule has 0 aliphatic rings. The standard InChI is InChI=1S/C14H17N3/c1-3-15-8-12-7-14(10-16-9-12)13-4-5-17-11(2)6-13/h4-7,9-10,15H,3,8H2,1-2H3. The Morgan fingerprint density at radius 3 is 2.82 bits per heavy atom. The molecule has 0 aliphatic carbocycles. The Labute approximate surface area is 102 Å². The van der Waals surface area contributed by atoms with Gasteiger partial charge in [-0.15, -0.1) is 0 Å². The Hall–Kier alpha value is -1.74. The minimum absolute atomic E-state index is 0.863. The van der Waals surface area contributed by atoms with Crippen LogP contribution in [0.5, 0.6) is 0 Å². The van der Waals surface area contributed by atoms with Gasteiger partial charge in [-0.05, 0) is 42.8 Å². The molecule has 3 heteroatoms. The van der Waals surface area contributed by atoms with E-state index in [2.05, 4.69) is 34.3 Å². The van der Waals surface area contributed by atoms with E-state index in [0.717, 1.165) is 24.3 Å². The number of rotatable bonds is 4. The summed E-state index contributed by atoms with van der Waals surface area (Å²) in [6.45, 7) is 5.93. The normalized spacial score (nSPS) is 10.5. The van der Waals surface area contributed by atoms with Gasteiger partial charge in [-0.25, -0.2) is 0 Å². The summed E-state index contributed by atoms with van der Waals surface area (Å²) >= 11 is 0. The number of nitrogens with one attached hydrogen (secondary N) is 1. The molecule has 0 saturated carbocycles. The largest absolute Gasteiger partial charge is 0.313 e. The van der Waals surface area contributed by atoms with Gasteiger partial charge in [0, 0.05) is 36.4 Å². The highest BCUT2D eigenvalue weighted by molar-refractivity contribution is 5.62. The third-order valence-electron chi connectivity index (χ3n) is 2.60. The van der Waals surface area contributed by atoms with E-state index < -0.39 is 0 Å². The van der Waals surface area contributed by atoms with Crippen LogP contribution in [-0.4, -0.2) is 16.5 Å². The van der Waals surface area contributed by atoms with Gasteiger partial charge in [-0.2, -0.15) is 0 Å². The van der Waals surface area contributed by atoms with Gasteiger partial charge in [-0.1, -0.05) is 6.92 Å². The third kappa shape index (κ3) is 3.11. The van der Waals surface area contributed by atoms with E-state index in [1.54, 1.807) is 0 Å². The summed E-state index contributed by atoms with van der Waals surface area (Å²) in [5.74, 6) is 0. The van der Waals surface area contributed by atoms with E-state index in [9.17, 15) is 0 Å². The van der Waals surface area contributed by atoms with Gasteiger partial charge in [0.1, 0.15) is 0 Å². The number of aryl methyl sites for hydroxylation is 1. The Kier molecular flexibility index (Phi) is 3.83. The molecule has 2 aromatic rings. The highest BCUT2D eigenvalue weighted by Crippen LogP contribution is 2.19. The molecule has 2 heterocycles. The van der Waals surface area contributed by atoms with Crippen molar-refractivity contribution in [1.29, 1.82) is 0 Å². The van der Waals surface area contributed by atoms with E-state index in [1.807, 2.05) is 31.6 Å². The molecule has 88 valence electrons. The number of hydrogen-bond donors (Lipinski definition) is 1. The molecule has 0 saturated heterocycles. The molecular formula is C14H17N3. The summed E-state index contributed by atoms with van der Waals surface area (Å²) in [7, 11) is 0. The van der Waals surface area contributed by atoms with E-state index in [1.165, 1.54) is 11.1 Å². The lowest BCUT2D eigenvalue weighted by molar-refractivity contribution is 0.724. The minimum Gasteiger partial charge on any atom is -0.313 e. The van der Waals surface area contributed by atoms with Crippen LogP contribution in [0.1, 0.15) is 18.2 Å². The van der Waals surface area contributed by atoms with Crippen LogP contribution in [0.2, 0.25) is 0 Å². The predicted octanol–water partition coefficient (Wildman–Crippen LogP) is 2.56. The van der Waals surface area contributed by atoms with Gasteiger partial charge in [0.15, 0.2) is 0 Å². The summed E-state index contributed by atoms with van der Waals surface area (Å²) in [6.07, 6.45) is 5.63. The van der Waals surface area contributed by atoms with Crippen LogP contribution in [0.15, 0.2) is 36.8 Å². The van der Waals surface area contributed by atoms with Gasteiger partial charge < -0.3 is 5.32 Å². The SMILES string of the molecule is CCNCc1cncc(-c2ccnc(C)c2)c1. The maximum atomic E-state index is 4.28. The van der Waals surface area contributed by atoms with Crippen LogP contribution < -0.4 is 5.32 Å². The minimum atomic E-state index is 0.863. The monoisotopic (exact) mass is 227 g/mol. The molecule has 2 rings (SSSR count). The first-order chi connectivity index (χ1) is 8.29. The van der Waals surface area contributed by atoms with Crippen molar-refractivity contribution in [3.05, 3.63) is 48.0 Å². The Morgan fingerprint density at radius 1 is 1.18 bits per heavy atom.